The normalized spacial score (nSPS) is 14.0. The van der Waals surface area contributed by atoms with Gasteiger partial charge in [-0.1, -0.05) is 30.6 Å². The molecule has 0 aromatic rings. The molecular weight excluding hydrogens is 161 g/mol. The van der Waals surface area contributed by atoms with Gasteiger partial charge in [0.15, 0.2) is 5.17 Å². The third-order valence-corrected chi connectivity index (χ3v) is 2.24. The van der Waals surface area contributed by atoms with Crippen molar-refractivity contribution in [2.75, 3.05) is 5.88 Å². The van der Waals surface area contributed by atoms with Crippen molar-refractivity contribution in [3.05, 3.63) is 0 Å². The number of nitrogens with zero attached hydrogens (tertiary/aromatic N) is 1. The fraction of sp³-hybridized carbons (Fsp3) is 0.800. The van der Waals surface area contributed by atoms with Crippen LogP contribution in [0.2, 0.25) is 0 Å². The second-order valence-electron chi connectivity index (χ2n) is 2.41. The van der Waals surface area contributed by atoms with Crippen LogP contribution in [-0.2, 0) is 0 Å². The van der Waals surface area contributed by atoms with Crippen LogP contribution < -0.4 is 0 Å². The number of hydrogen-bond donors (Lipinski definition) is 1. The largest absolute Gasteiger partial charge is 0.410 e. The van der Waals surface area contributed by atoms with Crippen molar-refractivity contribution in [1.82, 2.24) is 0 Å². The van der Waals surface area contributed by atoms with E-state index in [0.29, 0.717) is 5.88 Å². The Bertz CT molecular complexity index is 122. The molecule has 9 heavy (non-hydrogen) atoms. The smallest absolute Gasteiger partial charge is 0.152 e. The molecule has 0 aromatic heterocycles. The van der Waals surface area contributed by atoms with Crippen LogP contribution in [0.1, 0.15) is 13.8 Å². The first-order valence-electron chi connectivity index (χ1n) is 2.48. The van der Waals surface area contributed by atoms with E-state index in [1.165, 1.54) is 0 Å². The summed E-state index contributed by atoms with van der Waals surface area (Å²) in [7, 11) is 0. The standard InChI is InChI=1S/C5H9Cl2NO/c1-5(2,3-6)4(7)8-9/h9H,3H2,1-2H3/b8-4-. The van der Waals surface area contributed by atoms with E-state index in [1.54, 1.807) is 13.8 Å². The van der Waals surface area contributed by atoms with Gasteiger partial charge in [0.2, 0.25) is 0 Å². The maximum Gasteiger partial charge on any atom is 0.152 e. The minimum atomic E-state index is -0.419. The van der Waals surface area contributed by atoms with Crippen LogP contribution in [-0.4, -0.2) is 16.3 Å². The predicted octanol–water partition coefficient (Wildman–Crippen LogP) is 2.28. The second kappa shape index (κ2) is 3.28. The lowest BCUT2D eigenvalue weighted by molar-refractivity contribution is 0.313. The third kappa shape index (κ3) is 2.41. The summed E-state index contributed by atoms with van der Waals surface area (Å²) in [6, 6.07) is 0. The summed E-state index contributed by atoms with van der Waals surface area (Å²) in [5.74, 6) is 0.343. The highest BCUT2D eigenvalue weighted by molar-refractivity contribution is 6.66. The van der Waals surface area contributed by atoms with Gasteiger partial charge in [0.05, 0.1) is 0 Å². The van der Waals surface area contributed by atoms with Crippen molar-refractivity contribution >= 4 is 28.4 Å². The van der Waals surface area contributed by atoms with Crippen LogP contribution in [0.5, 0.6) is 0 Å². The van der Waals surface area contributed by atoms with E-state index in [2.05, 4.69) is 5.16 Å². The molecule has 0 saturated carbocycles. The number of rotatable bonds is 2. The predicted molar refractivity (Wildman–Crippen MR) is 39.6 cm³/mol. The zero-order valence-corrected chi connectivity index (χ0v) is 6.87. The molecule has 0 spiro atoms. The van der Waals surface area contributed by atoms with E-state index in [9.17, 15) is 0 Å². The van der Waals surface area contributed by atoms with E-state index in [1.807, 2.05) is 0 Å². The van der Waals surface area contributed by atoms with Crippen molar-refractivity contribution in [2.24, 2.45) is 10.6 Å². The Kier molecular flexibility index (Phi) is 3.30. The Hall–Kier alpha value is 0.0500. The van der Waals surface area contributed by atoms with Crippen LogP contribution in [0.15, 0.2) is 5.16 Å². The maximum absolute atomic E-state index is 8.20. The van der Waals surface area contributed by atoms with Crippen molar-refractivity contribution in [2.45, 2.75) is 13.8 Å². The summed E-state index contributed by atoms with van der Waals surface area (Å²) in [6.45, 7) is 3.59. The van der Waals surface area contributed by atoms with Crippen LogP contribution in [0.3, 0.4) is 0 Å². The van der Waals surface area contributed by atoms with Crippen molar-refractivity contribution in [3.8, 4) is 0 Å². The molecule has 0 heterocycles. The van der Waals surface area contributed by atoms with Crippen LogP contribution in [0, 0.1) is 5.41 Å². The van der Waals surface area contributed by atoms with Gasteiger partial charge in [-0.15, -0.1) is 11.6 Å². The average Bonchev–Trinajstić information content (AvgIpc) is 1.86. The van der Waals surface area contributed by atoms with E-state index < -0.39 is 5.41 Å². The van der Waals surface area contributed by atoms with Gasteiger partial charge in [0, 0.05) is 11.3 Å². The molecule has 0 radical (unpaired) electrons. The minimum Gasteiger partial charge on any atom is -0.410 e. The Morgan fingerprint density at radius 3 is 2.22 bits per heavy atom. The molecule has 0 amide bonds. The molecule has 0 bridgehead atoms. The Balaban J connectivity index is 4.14. The Labute approximate surface area is 64.4 Å². The van der Waals surface area contributed by atoms with Gasteiger partial charge in [-0.3, -0.25) is 0 Å². The lowest BCUT2D eigenvalue weighted by Gasteiger charge is -2.16. The number of oxime groups is 1. The maximum atomic E-state index is 8.20. The fourth-order valence-corrected chi connectivity index (χ4v) is 0.452. The minimum absolute atomic E-state index is 0.137. The van der Waals surface area contributed by atoms with Crippen molar-refractivity contribution in [1.29, 1.82) is 0 Å². The van der Waals surface area contributed by atoms with E-state index >= 15 is 0 Å². The highest BCUT2D eigenvalue weighted by Crippen LogP contribution is 2.21. The van der Waals surface area contributed by atoms with Crippen molar-refractivity contribution < 1.29 is 5.21 Å². The molecular formula is C5H9Cl2NO. The summed E-state index contributed by atoms with van der Waals surface area (Å²) in [5, 5.41) is 11.2. The molecule has 0 aromatic carbocycles. The topological polar surface area (TPSA) is 32.6 Å². The van der Waals surface area contributed by atoms with Crippen LogP contribution >= 0.6 is 23.2 Å². The molecule has 1 N–H and O–H groups in total. The number of hydrogen-bond acceptors (Lipinski definition) is 2. The summed E-state index contributed by atoms with van der Waals surface area (Å²) in [6.07, 6.45) is 0. The molecule has 2 nitrogen and oxygen atoms in total. The Morgan fingerprint density at radius 1 is 1.67 bits per heavy atom. The van der Waals surface area contributed by atoms with Gasteiger partial charge in [-0.05, 0) is 0 Å². The first kappa shape index (κ1) is 9.05. The molecule has 0 aliphatic heterocycles. The monoisotopic (exact) mass is 169 g/mol. The molecule has 54 valence electrons. The summed E-state index contributed by atoms with van der Waals surface area (Å²) in [5.41, 5.74) is -0.419. The molecule has 4 heteroatoms. The van der Waals surface area contributed by atoms with Gasteiger partial charge < -0.3 is 5.21 Å². The second-order valence-corrected chi connectivity index (χ2v) is 3.03. The molecule has 0 unspecified atom stereocenters. The fourth-order valence-electron chi connectivity index (χ4n) is 0.190. The summed E-state index contributed by atoms with van der Waals surface area (Å²) in [4.78, 5) is 0. The van der Waals surface area contributed by atoms with Gasteiger partial charge in [0.1, 0.15) is 0 Å². The molecule has 0 fully saturated rings. The van der Waals surface area contributed by atoms with Crippen molar-refractivity contribution in [3.63, 3.8) is 0 Å². The number of halogens is 2. The number of alkyl halides is 1. The van der Waals surface area contributed by atoms with Gasteiger partial charge in [0.25, 0.3) is 0 Å². The quantitative estimate of drug-likeness (QED) is 0.293. The van der Waals surface area contributed by atoms with Gasteiger partial charge in [-0.2, -0.15) is 0 Å². The zero-order chi connectivity index (χ0) is 7.49. The highest BCUT2D eigenvalue weighted by Gasteiger charge is 2.22. The third-order valence-electron chi connectivity index (χ3n) is 0.980. The Morgan fingerprint density at radius 2 is 2.11 bits per heavy atom. The van der Waals surface area contributed by atoms with Crippen LogP contribution in [0.25, 0.3) is 0 Å². The van der Waals surface area contributed by atoms with E-state index in [4.69, 9.17) is 28.4 Å². The zero-order valence-electron chi connectivity index (χ0n) is 5.36. The summed E-state index contributed by atoms with van der Waals surface area (Å²) >= 11 is 11.0. The molecule has 0 saturated heterocycles. The summed E-state index contributed by atoms with van der Waals surface area (Å²) < 4.78 is 0. The molecule has 0 atom stereocenters. The molecule has 0 aliphatic carbocycles. The SMILES string of the molecule is CC(C)(CCl)/C(Cl)=N/O. The first-order valence-corrected chi connectivity index (χ1v) is 3.40. The lowest BCUT2D eigenvalue weighted by Crippen LogP contribution is -2.21. The van der Waals surface area contributed by atoms with E-state index in [-0.39, 0.29) is 5.17 Å². The van der Waals surface area contributed by atoms with Gasteiger partial charge in [-0.25, -0.2) is 0 Å². The lowest BCUT2D eigenvalue weighted by atomic mass is 9.98. The van der Waals surface area contributed by atoms with Gasteiger partial charge >= 0.3 is 0 Å². The van der Waals surface area contributed by atoms with E-state index in [0.717, 1.165) is 0 Å². The molecule has 0 aliphatic rings. The molecule has 0 rings (SSSR count). The average molecular weight is 170 g/mol. The first-order chi connectivity index (χ1) is 4.04. The van der Waals surface area contributed by atoms with Crippen LogP contribution in [0.4, 0.5) is 0 Å². The highest BCUT2D eigenvalue weighted by atomic mass is 35.5.